The Balaban J connectivity index is 1.62. The van der Waals surface area contributed by atoms with Gasteiger partial charge in [0, 0.05) is 23.3 Å². The van der Waals surface area contributed by atoms with Gasteiger partial charge in [0.1, 0.15) is 28.8 Å². The van der Waals surface area contributed by atoms with Crippen LogP contribution in [0.4, 0.5) is 43.9 Å². The normalized spacial score (nSPS) is 12.1. The van der Waals surface area contributed by atoms with Gasteiger partial charge in [-0.1, -0.05) is 55.8 Å². The molecule has 4 aromatic carbocycles. The van der Waals surface area contributed by atoms with Crippen molar-refractivity contribution < 1.29 is 48.6 Å². The van der Waals surface area contributed by atoms with Crippen LogP contribution < -0.4 is 4.74 Å². The molecule has 0 aliphatic heterocycles. The van der Waals surface area contributed by atoms with Gasteiger partial charge in [0.05, 0.1) is 5.56 Å². The summed E-state index contributed by atoms with van der Waals surface area (Å²) in [5, 5.41) is 0. The standard InChI is InChI=1S/C29H18F10O/c1-2-3-15-4-6-16(7-5-15)19-9-10-20(27(34)26(19)33)17-8-11-21(22(30)12-17)29(38,39)40-18-13-23(31)25(24(32)14-18)28(35,36)37/h4-14H,2-3H2,1H3. The molecular weight excluding hydrogens is 554 g/mol. The van der Waals surface area contributed by atoms with E-state index in [1.165, 1.54) is 6.07 Å². The van der Waals surface area contributed by atoms with E-state index in [0.29, 0.717) is 17.7 Å². The minimum Gasteiger partial charge on any atom is -0.429 e. The summed E-state index contributed by atoms with van der Waals surface area (Å²) in [5.74, 6) is -10.0. The molecule has 0 aliphatic carbocycles. The Labute approximate surface area is 221 Å². The summed E-state index contributed by atoms with van der Waals surface area (Å²) in [6.07, 6.45) is -8.35. The lowest BCUT2D eigenvalue weighted by molar-refractivity contribution is -0.187. The van der Waals surface area contributed by atoms with Crippen LogP contribution in [-0.4, -0.2) is 0 Å². The fourth-order valence-corrected chi connectivity index (χ4v) is 4.14. The van der Waals surface area contributed by atoms with Crippen molar-refractivity contribution in [3.8, 4) is 28.0 Å². The van der Waals surface area contributed by atoms with Crippen LogP contribution in [0.5, 0.6) is 5.75 Å². The minimum absolute atomic E-state index is 0.0719. The molecule has 0 unspecified atom stereocenters. The maximum atomic E-state index is 15.0. The van der Waals surface area contributed by atoms with Crippen molar-refractivity contribution in [1.82, 2.24) is 0 Å². The van der Waals surface area contributed by atoms with Crippen molar-refractivity contribution in [2.45, 2.75) is 32.1 Å². The lowest BCUT2D eigenvalue weighted by Crippen LogP contribution is -2.24. The number of rotatable bonds is 7. The van der Waals surface area contributed by atoms with Gasteiger partial charge in [0.15, 0.2) is 11.6 Å². The Morgan fingerprint density at radius 1 is 0.625 bits per heavy atom. The molecule has 0 fully saturated rings. The summed E-state index contributed by atoms with van der Waals surface area (Å²) < 4.78 is 144. The van der Waals surface area contributed by atoms with Gasteiger partial charge in [0.25, 0.3) is 0 Å². The molecule has 4 rings (SSSR count). The zero-order valence-electron chi connectivity index (χ0n) is 20.5. The van der Waals surface area contributed by atoms with E-state index in [0.717, 1.165) is 30.5 Å². The highest BCUT2D eigenvalue weighted by Crippen LogP contribution is 2.40. The van der Waals surface area contributed by atoms with Crippen molar-refractivity contribution >= 4 is 0 Å². The van der Waals surface area contributed by atoms with Gasteiger partial charge in [0.2, 0.25) is 0 Å². The summed E-state index contributed by atoms with van der Waals surface area (Å²) in [7, 11) is 0. The Kier molecular flexibility index (Phi) is 7.87. The van der Waals surface area contributed by atoms with E-state index in [9.17, 15) is 43.9 Å². The second kappa shape index (κ2) is 10.9. The minimum atomic E-state index is -5.44. The fraction of sp³-hybridized carbons (Fsp3) is 0.172. The number of ether oxygens (including phenoxy) is 1. The first kappa shape index (κ1) is 29.0. The van der Waals surface area contributed by atoms with Crippen LogP contribution >= 0.6 is 0 Å². The molecule has 11 heteroatoms. The number of alkyl halides is 5. The van der Waals surface area contributed by atoms with Crippen molar-refractivity contribution in [2.75, 3.05) is 0 Å². The first-order valence-corrected chi connectivity index (χ1v) is 11.7. The van der Waals surface area contributed by atoms with Gasteiger partial charge < -0.3 is 4.74 Å². The van der Waals surface area contributed by atoms with Crippen molar-refractivity contribution in [3.05, 3.63) is 113 Å². The molecule has 0 saturated carbocycles. The third kappa shape index (κ3) is 5.78. The monoisotopic (exact) mass is 572 g/mol. The van der Waals surface area contributed by atoms with E-state index in [1.54, 1.807) is 24.3 Å². The van der Waals surface area contributed by atoms with Gasteiger partial charge in [-0.2, -0.15) is 22.0 Å². The highest BCUT2D eigenvalue weighted by atomic mass is 19.4. The summed E-state index contributed by atoms with van der Waals surface area (Å²) in [6.45, 7) is 1.99. The SMILES string of the molecule is CCCc1ccc(-c2ccc(-c3ccc(C(F)(F)Oc4cc(F)c(C(F)(F)F)c(F)c4)c(F)c3)c(F)c2F)cc1. The maximum absolute atomic E-state index is 15.0. The number of benzene rings is 4. The van der Waals surface area contributed by atoms with Gasteiger partial charge in [-0.05, 0) is 35.2 Å². The zero-order chi connectivity index (χ0) is 29.4. The van der Waals surface area contributed by atoms with E-state index in [2.05, 4.69) is 4.74 Å². The van der Waals surface area contributed by atoms with Crippen LogP contribution in [0.15, 0.2) is 66.7 Å². The molecule has 40 heavy (non-hydrogen) atoms. The van der Waals surface area contributed by atoms with Crippen LogP contribution in [0.25, 0.3) is 22.3 Å². The maximum Gasteiger partial charge on any atom is 0.429 e. The molecule has 4 aromatic rings. The summed E-state index contributed by atoms with van der Waals surface area (Å²) in [5.41, 5.74) is -3.22. The molecule has 1 nitrogen and oxygen atoms in total. The predicted molar refractivity (Wildman–Crippen MR) is 127 cm³/mol. The van der Waals surface area contributed by atoms with Crippen LogP contribution in [0.3, 0.4) is 0 Å². The average Bonchev–Trinajstić information content (AvgIpc) is 2.84. The Morgan fingerprint density at radius 2 is 1.15 bits per heavy atom. The molecule has 0 radical (unpaired) electrons. The molecule has 0 aliphatic rings. The van der Waals surface area contributed by atoms with E-state index >= 15 is 0 Å². The highest BCUT2D eigenvalue weighted by molar-refractivity contribution is 5.72. The van der Waals surface area contributed by atoms with Crippen molar-refractivity contribution in [3.63, 3.8) is 0 Å². The van der Waals surface area contributed by atoms with Crippen LogP contribution in [0, 0.1) is 29.1 Å². The summed E-state index contributed by atoms with van der Waals surface area (Å²) in [4.78, 5) is 0. The Morgan fingerprint density at radius 3 is 1.65 bits per heavy atom. The molecular formula is C29H18F10O. The van der Waals surface area contributed by atoms with E-state index < -0.39 is 63.8 Å². The topological polar surface area (TPSA) is 9.23 Å². The third-order valence-corrected chi connectivity index (χ3v) is 6.02. The Bertz CT molecular complexity index is 1520. The molecule has 0 amide bonds. The van der Waals surface area contributed by atoms with Gasteiger partial charge in [-0.3, -0.25) is 0 Å². The molecule has 0 saturated heterocycles. The average molecular weight is 572 g/mol. The van der Waals surface area contributed by atoms with Gasteiger partial charge in [-0.25, -0.2) is 22.0 Å². The molecule has 0 heterocycles. The smallest absolute Gasteiger partial charge is 0.429 e. The highest BCUT2D eigenvalue weighted by Gasteiger charge is 2.41. The van der Waals surface area contributed by atoms with E-state index in [1.807, 2.05) is 6.92 Å². The molecule has 0 bridgehead atoms. The van der Waals surface area contributed by atoms with Crippen LogP contribution in [0.2, 0.25) is 0 Å². The van der Waals surface area contributed by atoms with Crippen molar-refractivity contribution in [1.29, 1.82) is 0 Å². The second-order valence-corrected chi connectivity index (χ2v) is 8.81. The predicted octanol–water partition coefficient (Wildman–Crippen LogP) is 9.82. The van der Waals surface area contributed by atoms with Gasteiger partial charge >= 0.3 is 12.3 Å². The van der Waals surface area contributed by atoms with Crippen LogP contribution in [-0.2, 0) is 18.7 Å². The molecule has 0 aromatic heterocycles. The first-order chi connectivity index (χ1) is 18.7. The van der Waals surface area contributed by atoms with E-state index in [-0.39, 0.29) is 23.3 Å². The fourth-order valence-electron chi connectivity index (χ4n) is 4.14. The second-order valence-electron chi connectivity index (χ2n) is 8.81. The molecule has 0 spiro atoms. The largest absolute Gasteiger partial charge is 0.429 e. The van der Waals surface area contributed by atoms with E-state index in [4.69, 9.17) is 0 Å². The lowest BCUT2D eigenvalue weighted by Gasteiger charge is -2.20. The number of hydrogen-bond acceptors (Lipinski definition) is 1. The molecule has 0 atom stereocenters. The Hall–Kier alpha value is -4.02. The first-order valence-electron chi connectivity index (χ1n) is 11.7. The number of hydrogen-bond donors (Lipinski definition) is 0. The zero-order valence-corrected chi connectivity index (χ0v) is 20.5. The quantitative estimate of drug-likeness (QED) is 0.200. The number of aryl methyl sites for hydroxylation is 1. The molecule has 0 N–H and O–H groups in total. The molecule has 210 valence electrons. The van der Waals surface area contributed by atoms with Crippen molar-refractivity contribution in [2.24, 2.45) is 0 Å². The van der Waals surface area contributed by atoms with Gasteiger partial charge in [-0.15, -0.1) is 0 Å². The third-order valence-electron chi connectivity index (χ3n) is 6.02. The summed E-state index contributed by atoms with van der Waals surface area (Å²) >= 11 is 0. The van der Waals surface area contributed by atoms with Crippen LogP contribution in [0.1, 0.15) is 30.0 Å². The lowest BCUT2D eigenvalue weighted by atomic mass is 9.97. The number of halogens is 10. The summed E-state index contributed by atoms with van der Waals surface area (Å²) in [6, 6.07) is 10.7.